The largest absolute Gasteiger partial charge is 0.472 e. The van der Waals surface area contributed by atoms with Crippen molar-refractivity contribution in [2.45, 2.75) is 206 Å². The number of nitrogens with one attached hydrogen (secondary N) is 1. The molecule has 0 aliphatic rings. The summed E-state index contributed by atoms with van der Waals surface area (Å²) in [6.07, 6.45) is 77.0. The molecule has 0 bridgehead atoms. The average Bonchev–Trinajstić information content (AvgIpc) is 3.32. The van der Waals surface area contributed by atoms with Crippen LogP contribution in [-0.2, 0) is 18.4 Å². The van der Waals surface area contributed by atoms with Gasteiger partial charge in [-0.2, -0.15) is 0 Å². The van der Waals surface area contributed by atoms with E-state index in [0.29, 0.717) is 17.4 Å². The van der Waals surface area contributed by atoms with Gasteiger partial charge in [0.15, 0.2) is 0 Å². The first kappa shape index (κ1) is 66.6. The number of hydrogen-bond donors (Lipinski definition) is 3. The maximum absolute atomic E-state index is 12.9. The minimum Gasteiger partial charge on any atom is -0.387 e. The predicted octanol–water partition coefficient (Wildman–Crippen LogP) is 16.8. The second kappa shape index (κ2) is 50.6. The zero-order valence-corrected chi connectivity index (χ0v) is 46.1. The molecular weight excluding hydrogens is 888 g/mol. The lowest BCUT2D eigenvalue weighted by Gasteiger charge is -2.25. The third-order valence-electron chi connectivity index (χ3n) is 11.4. The first-order valence-corrected chi connectivity index (χ1v) is 29.1. The molecule has 3 N–H and O–H groups in total. The lowest BCUT2D eigenvalue weighted by atomic mass is 10.1. The van der Waals surface area contributed by atoms with E-state index in [1.54, 1.807) is 6.08 Å². The average molecular weight is 992 g/mol. The molecule has 0 heterocycles. The van der Waals surface area contributed by atoms with Gasteiger partial charge < -0.3 is 19.8 Å². The van der Waals surface area contributed by atoms with E-state index in [-0.39, 0.29) is 19.1 Å². The van der Waals surface area contributed by atoms with Gasteiger partial charge in [-0.1, -0.05) is 225 Å². The van der Waals surface area contributed by atoms with E-state index >= 15 is 0 Å². The van der Waals surface area contributed by atoms with Crippen LogP contribution in [0.5, 0.6) is 0 Å². The molecule has 0 fully saturated rings. The summed E-state index contributed by atoms with van der Waals surface area (Å²) in [6.45, 7) is 4.63. The van der Waals surface area contributed by atoms with Gasteiger partial charge >= 0.3 is 7.82 Å². The van der Waals surface area contributed by atoms with Gasteiger partial charge in [0.05, 0.1) is 39.9 Å². The van der Waals surface area contributed by atoms with Crippen LogP contribution >= 0.6 is 7.82 Å². The van der Waals surface area contributed by atoms with E-state index in [9.17, 15) is 19.4 Å². The number of amides is 1. The highest BCUT2D eigenvalue weighted by atomic mass is 31.2. The first-order chi connectivity index (χ1) is 34.0. The number of phosphoric acid groups is 1. The fraction of sp³-hybridized carbons (Fsp3) is 0.623. The van der Waals surface area contributed by atoms with E-state index in [2.05, 4.69) is 141 Å². The van der Waals surface area contributed by atoms with Crippen molar-refractivity contribution < 1.29 is 32.9 Å². The molecule has 398 valence electrons. The lowest BCUT2D eigenvalue weighted by Crippen LogP contribution is -2.45. The molecule has 0 spiro atoms. The summed E-state index contributed by atoms with van der Waals surface area (Å²) in [4.78, 5) is 23.1. The van der Waals surface area contributed by atoms with Gasteiger partial charge in [-0.25, -0.2) is 4.57 Å². The van der Waals surface area contributed by atoms with Crippen LogP contribution in [0.2, 0.25) is 0 Å². The number of likely N-dealkylation sites (N-methyl/N-ethyl adjacent to an activating group) is 1. The summed E-state index contributed by atoms with van der Waals surface area (Å²) in [5.41, 5.74) is 0. The molecule has 0 saturated heterocycles. The number of carbonyl (C=O) groups is 1. The Morgan fingerprint density at radius 2 is 0.857 bits per heavy atom. The van der Waals surface area contributed by atoms with Crippen LogP contribution in [0.15, 0.2) is 134 Å². The Kier molecular flexibility index (Phi) is 48.1. The molecule has 0 aliphatic carbocycles. The summed E-state index contributed by atoms with van der Waals surface area (Å²) in [7, 11) is 1.54. The number of allylic oxidation sites excluding steroid dienone is 21. The van der Waals surface area contributed by atoms with Crippen molar-refractivity contribution >= 4 is 13.7 Å². The number of nitrogens with zero attached hydrogens (tertiary/aromatic N) is 1. The monoisotopic (exact) mass is 992 g/mol. The van der Waals surface area contributed by atoms with Gasteiger partial charge in [-0.05, 0) is 96.3 Å². The Morgan fingerprint density at radius 1 is 0.500 bits per heavy atom. The topological polar surface area (TPSA) is 105 Å². The second-order valence-corrected chi connectivity index (χ2v) is 20.7. The molecule has 0 saturated carbocycles. The fourth-order valence-electron chi connectivity index (χ4n) is 7.07. The van der Waals surface area contributed by atoms with Crippen molar-refractivity contribution in [2.75, 3.05) is 40.9 Å². The number of rotatable bonds is 48. The van der Waals surface area contributed by atoms with Crippen LogP contribution < -0.4 is 5.32 Å². The Balaban J connectivity index is 4.08. The second-order valence-electron chi connectivity index (χ2n) is 19.2. The Bertz CT molecular complexity index is 1590. The van der Waals surface area contributed by atoms with E-state index < -0.39 is 20.0 Å². The van der Waals surface area contributed by atoms with Crippen molar-refractivity contribution in [2.24, 2.45) is 0 Å². The number of unbranched alkanes of at least 4 members (excludes halogenated alkanes) is 15. The molecule has 0 aromatic rings. The van der Waals surface area contributed by atoms with Crippen molar-refractivity contribution in [3.8, 4) is 0 Å². The van der Waals surface area contributed by atoms with E-state index in [1.807, 2.05) is 27.2 Å². The first-order valence-electron chi connectivity index (χ1n) is 27.6. The minimum atomic E-state index is -4.35. The standard InChI is InChI=1S/C61H103N2O6P/c1-6-8-10-12-14-16-17-18-19-20-21-22-23-24-25-26-27-28-29-30-31-32-33-34-35-36-37-38-39-40-41-42-43-44-45-47-49-51-53-55-61(65)62-59(58-69-70(66,67)68-57-56-63(3,4)5)60(64)54-52-50-48-46-15-13-11-9-7-2/h8,10,14,16,18-19,21-22,24-25,27-28,30-31,33-34,36-37,39-40,52,54,59-60,64H,6-7,9,11-13,15,17,20,23,26,29,32,35,38,41-51,53,55-58H2,1-5H3,(H-,62,65,66,67)/p+1/b10-8-,16-14-,19-18-,22-21-,25-24-,28-27-,31-30-,34-33-,37-36-,40-39-,54-52+. The van der Waals surface area contributed by atoms with Crippen LogP contribution in [-0.4, -0.2) is 73.4 Å². The summed E-state index contributed by atoms with van der Waals surface area (Å²) in [5.74, 6) is -0.195. The Morgan fingerprint density at radius 3 is 1.26 bits per heavy atom. The smallest absolute Gasteiger partial charge is 0.387 e. The zero-order valence-electron chi connectivity index (χ0n) is 45.2. The van der Waals surface area contributed by atoms with Gasteiger partial charge in [0.1, 0.15) is 13.2 Å². The Hall–Kier alpha value is -3.36. The van der Waals surface area contributed by atoms with Crippen LogP contribution in [0.1, 0.15) is 194 Å². The number of hydrogen-bond acceptors (Lipinski definition) is 5. The molecule has 0 aliphatic heterocycles. The van der Waals surface area contributed by atoms with Gasteiger partial charge in [0, 0.05) is 6.42 Å². The van der Waals surface area contributed by atoms with E-state index in [1.165, 1.54) is 57.8 Å². The van der Waals surface area contributed by atoms with Gasteiger partial charge in [-0.3, -0.25) is 13.8 Å². The normalized spacial score (nSPS) is 15.0. The van der Waals surface area contributed by atoms with Crippen molar-refractivity contribution in [1.29, 1.82) is 0 Å². The molecule has 0 radical (unpaired) electrons. The quantitative estimate of drug-likeness (QED) is 0.0243. The molecule has 0 rings (SSSR count). The molecule has 3 atom stereocenters. The van der Waals surface area contributed by atoms with Gasteiger partial charge in [0.2, 0.25) is 5.91 Å². The molecule has 0 aromatic carbocycles. The van der Waals surface area contributed by atoms with Crippen LogP contribution in [0.3, 0.4) is 0 Å². The summed E-state index contributed by atoms with van der Waals surface area (Å²) < 4.78 is 23.5. The predicted molar refractivity (Wildman–Crippen MR) is 304 cm³/mol. The van der Waals surface area contributed by atoms with Crippen LogP contribution in [0.4, 0.5) is 0 Å². The maximum Gasteiger partial charge on any atom is 0.472 e. The number of quaternary nitrogens is 1. The summed E-state index contributed by atoms with van der Waals surface area (Å²) in [5, 5.41) is 13.8. The van der Waals surface area contributed by atoms with Crippen LogP contribution in [0, 0.1) is 0 Å². The van der Waals surface area contributed by atoms with Crippen molar-refractivity contribution in [1.82, 2.24) is 5.32 Å². The fourth-order valence-corrected chi connectivity index (χ4v) is 7.80. The number of aliphatic hydroxyl groups excluding tert-OH is 1. The molecular formula is C61H104N2O6P+. The highest BCUT2D eigenvalue weighted by Crippen LogP contribution is 2.43. The highest BCUT2D eigenvalue weighted by Gasteiger charge is 2.27. The zero-order chi connectivity index (χ0) is 51.3. The van der Waals surface area contributed by atoms with Gasteiger partial charge in [-0.15, -0.1) is 0 Å². The van der Waals surface area contributed by atoms with E-state index in [0.717, 1.165) is 116 Å². The lowest BCUT2D eigenvalue weighted by molar-refractivity contribution is -0.870. The summed E-state index contributed by atoms with van der Waals surface area (Å²) >= 11 is 0. The molecule has 9 heteroatoms. The minimum absolute atomic E-state index is 0.0529. The molecule has 70 heavy (non-hydrogen) atoms. The SMILES string of the molecule is CC/C=C\C/C=C\C/C=C\C/C=C\C/C=C\C/C=C\C/C=C\C/C=C\C/C=C\C/C=C\CCCCCCCCCCC(=O)NC(COP(=O)(O)OCC[N+](C)(C)C)C(O)/C=C/CCCCCCCCC. The van der Waals surface area contributed by atoms with Gasteiger partial charge in [0.25, 0.3) is 0 Å². The highest BCUT2D eigenvalue weighted by molar-refractivity contribution is 7.47. The summed E-state index contributed by atoms with van der Waals surface area (Å²) in [6, 6.07) is -0.858. The number of phosphoric ester groups is 1. The Labute approximate surface area is 430 Å². The molecule has 3 unspecified atom stereocenters. The molecule has 0 aromatic heterocycles. The van der Waals surface area contributed by atoms with E-state index in [4.69, 9.17) is 9.05 Å². The maximum atomic E-state index is 12.9. The third kappa shape index (κ3) is 52.5. The number of aliphatic hydroxyl groups is 1. The molecule has 1 amide bonds. The third-order valence-corrected chi connectivity index (χ3v) is 12.4. The van der Waals surface area contributed by atoms with Crippen molar-refractivity contribution in [3.63, 3.8) is 0 Å². The molecule has 8 nitrogen and oxygen atoms in total. The number of carbonyl (C=O) groups excluding carboxylic acids is 1. The van der Waals surface area contributed by atoms with Crippen molar-refractivity contribution in [3.05, 3.63) is 134 Å². The van der Waals surface area contributed by atoms with Crippen LogP contribution in [0.25, 0.3) is 0 Å².